The van der Waals surface area contributed by atoms with Gasteiger partial charge in [0.25, 0.3) is 0 Å². The van der Waals surface area contributed by atoms with Crippen molar-refractivity contribution in [2.45, 2.75) is 39.7 Å². The highest BCUT2D eigenvalue weighted by molar-refractivity contribution is 7.91. The van der Waals surface area contributed by atoms with Crippen molar-refractivity contribution >= 4 is 27.3 Å². The summed E-state index contributed by atoms with van der Waals surface area (Å²) in [6.07, 6.45) is 0.602. The quantitative estimate of drug-likeness (QED) is 0.867. The van der Waals surface area contributed by atoms with Crippen LogP contribution in [0.1, 0.15) is 30.9 Å². The Morgan fingerprint density at radius 2 is 1.96 bits per heavy atom. The monoisotopic (exact) mass is 352 g/mol. The number of amides is 2. The maximum absolute atomic E-state index is 12.0. The Bertz CT molecular complexity index is 743. The highest BCUT2D eigenvalue weighted by atomic mass is 32.2. The van der Waals surface area contributed by atoms with Crippen LogP contribution in [0.5, 0.6) is 0 Å². The number of sulfone groups is 1. The number of nitrogens with zero attached hydrogens (tertiary/aromatic N) is 1. The Hall–Kier alpha value is -1.89. The van der Waals surface area contributed by atoms with E-state index in [1.165, 1.54) is 6.92 Å². The molecular weight excluding hydrogens is 328 g/mol. The van der Waals surface area contributed by atoms with Gasteiger partial charge in [-0.15, -0.1) is 0 Å². The zero-order valence-electron chi connectivity index (χ0n) is 14.3. The van der Waals surface area contributed by atoms with Crippen molar-refractivity contribution in [2.75, 3.05) is 23.0 Å². The van der Waals surface area contributed by atoms with E-state index in [4.69, 9.17) is 0 Å². The summed E-state index contributed by atoms with van der Waals surface area (Å²) >= 11 is 0. The van der Waals surface area contributed by atoms with Gasteiger partial charge in [0.1, 0.15) is 0 Å². The molecule has 1 heterocycles. The van der Waals surface area contributed by atoms with Crippen LogP contribution >= 0.6 is 0 Å². The smallest absolute Gasteiger partial charge is 0.223 e. The summed E-state index contributed by atoms with van der Waals surface area (Å²) in [5.74, 6) is -0.228. The van der Waals surface area contributed by atoms with E-state index >= 15 is 0 Å². The van der Waals surface area contributed by atoms with E-state index in [0.29, 0.717) is 6.42 Å². The number of anilines is 1. The maximum atomic E-state index is 12.0. The highest BCUT2D eigenvalue weighted by Crippen LogP contribution is 2.19. The number of carbonyl (C=O) groups is 2. The van der Waals surface area contributed by atoms with Gasteiger partial charge in [-0.2, -0.15) is 0 Å². The van der Waals surface area contributed by atoms with Gasteiger partial charge in [0.15, 0.2) is 9.84 Å². The van der Waals surface area contributed by atoms with E-state index in [1.54, 1.807) is 4.90 Å². The van der Waals surface area contributed by atoms with Gasteiger partial charge in [0.2, 0.25) is 11.8 Å². The largest absolute Gasteiger partial charge is 0.352 e. The van der Waals surface area contributed by atoms with Crippen LogP contribution in [0.4, 0.5) is 5.69 Å². The van der Waals surface area contributed by atoms with Crippen molar-refractivity contribution in [2.24, 2.45) is 0 Å². The maximum Gasteiger partial charge on any atom is 0.223 e. The first kappa shape index (κ1) is 18.4. The van der Waals surface area contributed by atoms with Crippen molar-refractivity contribution in [1.82, 2.24) is 5.32 Å². The van der Waals surface area contributed by atoms with E-state index in [1.807, 2.05) is 32.0 Å². The number of rotatable bonds is 5. The standard InChI is InChI=1S/C17H24N2O4S/c1-12-4-5-16(10-13(12)2)19(14(3)20)8-6-17(21)18-15-7-9-24(22,23)11-15/h4-5,10,15H,6-9,11H2,1-3H3,(H,18,21). The molecule has 7 heteroatoms. The molecule has 0 radical (unpaired) electrons. The zero-order chi connectivity index (χ0) is 17.9. The number of aryl methyl sites for hydroxylation is 2. The van der Waals surface area contributed by atoms with Crippen molar-refractivity contribution in [1.29, 1.82) is 0 Å². The van der Waals surface area contributed by atoms with Gasteiger partial charge < -0.3 is 10.2 Å². The topological polar surface area (TPSA) is 83.6 Å². The lowest BCUT2D eigenvalue weighted by atomic mass is 10.1. The summed E-state index contributed by atoms with van der Waals surface area (Å²) in [7, 11) is -3.02. The summed E-state index contributed by atoms with van der Waals surface area (Å²) in [6.45, 7) is 5.71. The molecule has 24 heavy (non-hydrogen) atoms. The molecule has 0 saturated carbocycles. The molecule has 0 bridgehead atoms. The molecule has 1 aromatic carbocycles. The molecule has 1 N–H and O–H groups in total. The summed E-state index contributed by atoms with van der Waals surface area (Å²) in [5, 5.41) is 2.74. The molecule has 0 aliphatic carbocycles. The van der Waals surface area contributed by atoms with Crippen molar-refractivity contribution in [3.8, 4) is 0 Å². The SMILES string of the molecule is CC(=O)N(CCC(=O)NC1CCS(=O)(=O)C1)c1ccc(C)c(C)c1. The first-order chi connectivity index (χ1) is 11.2. The molecule has 132 valence electrons. The fourth-order valence-electron chi connectivity index (χ4n) is 2.78. The zero-order valence-corrected chi connectivity index (χ0v) is 15.1. The fraction of sp³-hybridized carbons (Fsp3) is 0.529. The first-order valence-electron chi connectivity index (χ1n) is 8.03. The highest BCUT2D eigenvalue weighted by Gasteiger charge is 2.28. The fourth-order valence-corrected chi connectivity index (χ4v) is 4.46. The van der Waals surface area contributed by atoms with Gasteiger partial charge in [-0.25, -0.2) is 8.42 Å². The van der Waals surface area contributed by atoms with Gasteiger partial charge in [-0.3, -0.25) is 9.59 Å². The molecule has 2 rings (SSSR count). The minimum Gasteiger partial charge on any atom is -0.352 e. The molecule has 1 aliphatic rings. The molecule has 1 aliphatic heterocycles. The molecular formula is C17H24N2O4S. The molecule has 6 nitrogen and oxygen atoms in total. The summed E-state index contributed by atoms with van der Waals surface area (Å²) in [4.78, 5) is 25.5. The van der Waals surface area contributed by atoms with E-state index in [0.717, 1.165) is 16.8 Å². The lowest BCUT2D eigenvalue weighted by Gasteiger charge is -2.22. The molecule has 1 saturated heterocycles. The van der Waals surface area contributed by atoms with Crippen LogP contribution in [-0.4, -0.2) is 44.3 Å². The predicted molar refractivity (Wildman–Crippen MR) is 93.8 cm³/mol. The number of benzene rings is 1. The van der Waals surface area contributed by atoms with Gasteiger partial charge >= 0.3 is 0 Å². The number of hydrogen-bond donors (Lipinski definition) is 1. The second-order valence-corrected chi connectivity index (χ2v) is 8.59. The van der Waals surface area contributed by atoms with Crippen LogP contribution in [-0.2, 0) is 19.4 Å². The van der Waals surface area contributed by atoms with Crippen LogP contribution in [0.15, 0.2) is 18.2 Å². The third-order valence-corrected chi connectivity index (χ3v) is 6.11. The lowest BCUT2D eigenvalue weighted by Crippen LogP contribution is -2.38. The second kappa shape index (κ2) is 7.34. The third-order valence-electron chi connectivity index (χ3n) is 4.34. The van der Waals surface area contributed by atoms with Gasteiger partial charge in [-0.05, 0) is 43.5 Å². The minimum absolute atomic E-state index is 0.00627. The lowest BCUT2D eigenvalue weighted by molar-refractivity contribution is -0.121. The number of carbonyl (C=O) groups excluding carboxylic acids is 2. The minimum atomic E-state index is -3.02. The van der Waals surface area contributed by atoms with Gasteiger partial charge in [-0.1, -0.05) is 6.07 Å². The molecule has 1 aromatic rings. The molecule has 1 unspecified atom stereocenters. The van der Waals surface area contributed by atoms with Gasteiger partial charge in [0.05, 0.1) is 11.5 Å². The van der Waals surface area contributed by atoms with Crippen LogP contribution in [0.3, 0.4) is 0 Å². The van der Waals surface area contributed by atoms with Crippen LogP contribution in [0, 0.1) is 13.8 Å². The Balaban J connectivity index is 1.95. The summed E-state index contributed by atoms with van der Waals surface area (Å²) in [5.41, 5.74) is 2.99. The van der Waals surface area contributed by atoms with Crippen molar-refractivity contribution in [3.63, 3.8) is 0 Å². The van der Waals surface area contributed by atoms with Crippen molar-refractivity contribution in [3.05, 3.63) is 29.3 Å². The van der Waals surface area contributed by atoms with E-state index < -0.39 is 9.84 Å². The molecule has 0 spiro atoms. The molecule has 1 fully saturated rings. The summed E-state index contributed by atoms with van der Waals surface area (Å²) in [6, 6.07) is 5.43. The third kappa shape index (κ3) is 4.80. The Labute approximate surface area is 143 Å². The van der Waals surface area contributed by atoms with Crippen LogP contribution < -0.4 is 10.2 Å². The van der Waals surface area contributed by atoms with Crippen molar-refractivity contribution < 1.29 is 18.0 Å². The number of hydrogen-bond acceptors (Lipinski definition) is 4. The average molecular weight is 352 g/mol. The Kier molecular flexibility index (Phi) is 5.64. The van der Waals surface area contributed by atoms with E-state index in [2.05, 4.69) is 5.32 Å². The van der Waals surface area contributed by atoms with Crippen LogP contribution in [0.25, 0.3) is 0 Å². The molecule has 2 amide bonds. The normalized spacial score (nSPS) is 19.0. The Morgan fingerprint density at radius 1 is 1.25 bits per heavy atom. The average Bonchev–Trinajstić information content (AvgIpc) is 2.81. The van der Waals surface area contributed by atoms with Crippen LogP contribution in [0.2, 0.25) is 0 Å². The molecule has 0 aromatic heterocycles. The summed E-state index contributed by atoms with van der Waals surface area (Å²) < 4.78 is 22.8. The first-order valence-corrected chi connectivity index (χ1v) is 9.85. The Morgan fingerprint density at radius 3 is 2.50 bits per heavy atom. The van der Waals surface area contributed by atoms with E-state index in [9.17, 15) is 18.0 Å². The van der Waals surface area contributed by atoms with Gasteiger partial charge in [0, 0.05) is 31.6 Å². The van der Waals surface area contributed by atoms with E-state index in [-0.39, 0.29) is 42.3 Å². The molecule has 1 atom stereocenters. The second-order valence-electron chi connectivity index (χ2n) is 6.36. The predicted octanol–water partition coefficient (Wildman–Crippen LogP) is 1.35. The number of nitrogens with one attached hydrogen (secondary N) is 1.